The molecule has 2 aromatic carbocycles. The molecule has 31 heavy (non-hydrogen) atoms. The van der Waals surface area contributed by atoms with Crippen LogP contribution < -0.4 is 4.74 Å². The first-order valence-corrected chi connectivity index (χ1v) is 11.9. The number of fused-ring (bicyclic) bond motifs is 1. The maximum Gasteiger partial charge on any atom is 0.143 e. The number of carbonyl (C=O) groups is 1. The fraction of sp³-hybridized carbons (Fsp3) is 0.483. The summed E-state index contributed by atoms with van der Waals surface area (Å²) >= 11 is 0. The predicted octanol–water partition coefficient (Wildman–Crippen LogP) is 7.38. The Kier molecular flexibility index (Phi) is 8.12. The summed E-state index contributed by atoms with van der Waals surface area (Å²) in [5.74, 6) is 1.65. The van der Waals surface area contributed by atoms with E-state index in [-0.39, 0.29) is 5.41 Å². The monoisotopic (exact) mass is 418 g/mol. The van der Waals surface area contributed by atoms with E-state index in [0.717, 1.165) is 50.7 Å². The van der Waals surface area contributed by atoms with Crippen LogP contribution in [0.25, 0.3) is 0 Å². The molecule has 2 nitrogen and oxygen atoms in total. The van der Waals surface area contributed by atoms with Crippen molar-refractivity contribution in [2.24, 2.45) is 5.92 Å². The van der Waals surface area contributed by atoms with E-state index in [2.05, 4.69) is 63.7 Å². The number of benzene rings is 2. The fourth-order valence-electron chi connectivity index (χ4n) is 4.97. The zero-order chi connectivity index (χ0) is 22.3. The molecule has 0 saturated carbocycles. The van der Waals surface area contributed by atoms with E-state index < -0.39 is 0 Å². The Bertz CT molecular complexity index is 880. The van der Waals surface area contributed by atoms with E-state index in [1.54, 1.807) is 0 Å². The highest BCUT2D eigenvalue weighted by Crippen LogP contribution is 2.42. The van der Waals surface area contributed by atoms with Crippen molar-refractivity contribution in [3.05, 3.63) is 77.4 Å². The standard InChI is InChI=1S/C29H38O2/c1-5-19-29(27-13-7-6-11-25(27)12-8-14-28(29)30)20-9-10-23(3)24(4)21-31-26-17-15-22(2)16-18-26/h6-7,11,13,15-18,24H,3,5,8-10,12,14,19-21H2,1-2,4H3. The van der Waals surface area contributed by atoms with Crippen LogP contribution in [-0.2, 0) is 16.6 Å². The van der Waals surface area contributed by atoms with E-state index in [1.807, 2.05) is 12.1 Å². The lowest BCUT2D eigenvalue weighted by molar-refractivity contribution is -0.125. The highest BCUT2D eigenvalue weighted by atomic mass is 16.5. The lowest BCUT2D eigenvalue weighted by Gasteiger charge is -2.33. The van der Waals surface area contributed by atoms with Gasteiger partial charge < -0.3 is 4.74 Å². The van der Waals surface area contributed by atoms with Crippen LogP contribution in [0.3, 0.4) is 0 Å². The number of hydrogen-bond donors (Lipinski definition) is 0. The van der Waals surface area contributed by atoms with Crippen molar-refractivity contribution in [2.45, 2.75) is 77.6 Å². The molecular weight excluding hydrogens is 380 g/mol. The van der Waals surface area contributed by atoms with Crippen molar-refractivity contribution >= 4 is 5.78 Å². The van der Waals surface area contributed by atoms with Crippen LogP contribution >= 0.6 is 0 Å². The van der Waals surface area contributed by atoms with Gasteiger partial charge in [0.25, 0.3) is 0 Å². The first kappa shape index (κ1) is 23.3. The summed E-state index contributed by atoms with van der Waals surface area (Å²) in [4.78, 5) is 13.3. The Morgan fingerprint density at radius 3 is 2.58 bits per heavy atom. The van der Waals surface area contributed by atoms with Crippen LogP contribution in [0, 0.1) is 12.8 Å². The van der Waals surface area contributed by atoms with Gasteiger partial charge in [-0.3, -0.25) is 4.79 Å². The second kappa shape index (κ2) is 10.8. The lowest BCUT2D eigenvalue weighted by Crippen LogP contribution is -2.35. The van der Waals surface area contributed by atoms with Crippen LogP contribution in [-0.4, -0.2) is 12.4 Å². The highest BCUT2D eigenvalue weighted by molar-refractivity contribution is 5.91. The SMILES string of the molecule is C=C(CCCC1(CCC)C(=O)CCCc2ccccc21)C(C)COc1ccc(C)cc1. The molecule has 166 valence electrons. The van der Waals surface area contributed by atoms with Crippen molar-refractivity contribution in [3.8, 4) is 5.75 Å². The molecule has 1 aliphatic carbocycles. The molecule has 0 spiro atoms. The third-order valence-electron chi connectivity index (χ3n) is 6.91. The summed E-state index contributed by atoms with van der Waals surface area (Å²) in [5.41, 5.74) is 4.80. The van der Waals surface area contributed by atoms with Crippen LogP contribution in [0.4, 0.5) is 0 Å². The number of aryl methyl sites for hydroxylation is 2. The van der Waals surface area contributed by atoms with Gasteiger partial charge in [0.2, 0.25) is 0 Å². The summed E-state index contributed by atoms with van der Waals surface area (Å²) < 4.78 is 5.96. The zero-order valence-electron chi connectivity index (χ0n) is 19.6. The van der Waals surface area contributed by atoms with E-state index in [1.165, 1.54) is 22.3 Å². The predicted molar refractivity (Wildman–Crippen MR) is 130 cm³/mol. The maximum atomic E-state index is 13.3. The van der Waals surface area contributed by atoms with Crippen molar-refractivity contribution in [3.63, 3.8) is 0 Å². The molecule has 0 radical (unpaired) electrons. The molecule has 1 aliphatic rings. The van der Waals surface area contributed by atoms with Gasteiger partial charge in [0, 0.05) is 12.3 Å². The molecule has 0 bridgehead atoms. The van der Waals surface area contributed by atoms with Crippen molar-refractivity contribution in [1.82, 2.24) is 0 Å². The fourth-order valence-corrected chi connectivity index (χ4v) is 4.97. The maximum absolute atomic E-state index is 13.3. The molecule has 0 saturated heterocycles. The van der Waals surface area contributed by atoms with Gasteiger partial charge in [-0.25, -0.2) is 0 Å². The molecule has 0 N–H and O–H groups in total. The molecule has 2 unspecified atom stereocenters. The lowest BCUT2D eigenvalue weighted by atomic mass is 9.68. The third kappa shape index (κ3) is 5.67. The second-order valence-corrected chi connectivity index (χ2v) is 9.30. The molecule has 0 aliphatic heterocycles. The average Bonchev–Trinajstić information content (AvgIpc) is 2.90. The topological polar surface area (TPSA) is 26.3 Å². The largest absolute Gasteiger partial charge is 0.493 e. The van der Waals surface area contributed by atoms with Crippen LogP contribution in [0.1, 0.15) is 75.5 Å². The quantitative estimate of drug-likeness (QED) is 0.297. The van der Waals surface area contributed by atoms with Crippen LogP contribution in [0.2, 0.25) is 0 Å². The van der Waals surface area contributed by atoms with Gasteiger partial charge in [-0.15, -0.1) is 0 Å². The molecule has 2 atom stereocenters. The summed E-state index contributed by atoms with van der Waals surface area (Å²) in [6.07, 6.45) is 7.53. The van der Waals surface area contributed by atoms with Gasteiger partial charge in [-0.05, 0) is 68.7 Å². The minimum Gasteiger partial charge on any atom is -0.493 e. The number of ketones is 1. The van der Waals surface area contributed by atoms with Gasteiger partial charge in [0.15, 0.2) is 0 Å². The van der Waals surface area contributed by atoms with E-state index >= 15 is 0 Å². The molecular formula is C29H38O2. The van der Waals surface area contributed by atoms with Gasteiger partial charge in [0.05, 0.1) is 12.0 Å². The molecule has 0 fully saturated rings. The third-order valence-corrected chi connectivity index (χ3v) is 6.91. The molecule has 0 amide bonds. The number of Topliss-reactive ketones (excluding diaryl/α,β-unsaturated/α-hetero) is 1. The molecule has 3 rings (SSSR count). The molecule has 2 aromatic rings. The summed E-state index contributed by atoms with van der Waals surface area (Å²) in [7, 11) is 0. The van der Waals surface area contributed by atoms with Gasteiger partial charge >= 0.3 is 0 Å². The molecule has 0 aromatic heterocycles. The van der Waals surface area contributed by atoms with E-state index in [4.69, 9.17) is 4.74 Å². The normalized spacial score (nSPS) is 19.4. The Labute approximate surface area is 188 Å². The van der Waals surface area contributed by atoms with E-state index in [9.17, 15) is 4.79 Å². The minimum atomic E-state index is -0.316. The minimum absolute atomic E-state index is 0.292. The van der Waals surface area contributed by atoms with Gasteiger partial charge in [-0.1, -0.05) is 74.4 Å². The van der Waals surface area contributed by atoms with Crippen molar-refractivity contribution in [1.29, 1.82) is 0 Å². The van der Waals surface area contributed by atoms with Crippen LogP contribution in [0.15, 0.2) is 60.7 Å². The Morgan fingerprint density at radius 1 is 1.10 bits per heavy atom. The summed E-state index contributed by atoms with van der Waals surface area (Å²) in [6, 6.07) is 16.8. The van der Waals surface area contributed by atoms with Crippen LogP contribution in [0.5, 0.6) is 5.75 Å². The highest BCUT2D eigenvalue weighted by Gasteiger charge is 2.40. The van der Waals surface area contributed by atoms with Crippen molar-refractivity contribution in [2.75, 3.05) is 6.61 Å². The summed E-state index contributed by atoms with van der Waals surface area (Å²) in [6.45, 7) is 11.5. The number of hydrogen-bond acceptors (Lipinski definition) is 2. The first-order chi connectivity index (χ1) is 15.0. The Hall–Kier alpha value is -2.35. The van der Waals surface area contributed by atoms with Crippen molar-refractivity contribution < 1.29 is 9.53 Å². The number of carbonyl (C=O) groups excluding carboxylic acids is 1. The Morgan fingerprint density at radius 2 is 1.84 bits per heavy atom. The average molecular weight is 419 g/mol. The first-order valence-electron chi connectivity index (χ1n) is 11.9. The summed E-state index contributed by atoms with van der Waals surface area (Å²) in [5, 5.41) is 0. The van der Waals surface area contributed by atoms with Gasteiger partial charge in [-0.2, -0.15) is 0 Å². The smallest absolute Gasteiger partial charge is 0.143 e. The van der Waals surface area contributed by atoms with Gasteiger partial charge in [0.1, 0.15) is 11.5 Å². The number of rotatable bonds is 10. The second-order valence-electron chi connectivity index (χ2n) is 9.30. The molecule has 0 heterocycles. The molecule has 2 heteroatoms. The van der Waals surface area contributed by atoms with E-state index in [0.29, 0.717) is 24.7 Å². The zero-order valence-corrected chi connectivity index (χ0v) is 19.6. The number of ether oxygens (including phenoxy) is 1. The Balaban J connectivity index is 1.61.